The minimum absolute atomic E-state index is 0.0328. The van der Waals surface area contributed by atoms with Crippen molar-refractivity contribution < 1.29 is 95.5 Å². The molecule has 0 amide bonds. The summed E-state index contributed by atoms with van der Waals surface area (Å²) in [6.07, 6.45) is 8.24. The van der Waals surface area contributed by atoms with Crippen LogP contribution in [-0.4, -0.2) is 237 Å². The van der Waals surface area contributed by atoms with Gasteiger partial charge < -0.3 is 56.8 Å². The van der Waals surface area contributed by atoms with E-state index in [1.807, 2.05) is 11.8 Å². The minimum atomic E-state index is -4.15. The number of nitrogens with zero attached hydrogens (tertiary/aromatic N) is 1. The second kappa shape index (κ2) is 38.1. The standard InChI is InChI=1S/C13H23NO4S.C9H21NO4S.C8H19NO5S.C8H17NO4S.C8H19NO4S/c15-12(7-19(16,17)18)6-14-13-10-2-8-1-9(4-10)5-11(13)3-8;1-7(2)4-5-10-6-9(11)8(3)15(12,13)14;1-2-3-7(5-10)9-4-8(11)6-15(12,13)14;10-8(7-14(11,12)13)6-9-4-2-1-3-5-9;1-7(2)3-4-9-5-8(10)6-14(11,12)13/h8-15H,1-7H2,(H,16,17,18);7-11H,4-6H2,1-3H3,(H,12,13,14);7-11H,2-6H2,1H3,(H,12,13,14);8,10H,1-7H2,(H,11,12,13);7-10H,3-6H2,1-2H3,(H,11,12,13). The molecule has 464 valence electrons. The van der Waals surface area contributed by atoms with Crippen LogP contribution in [-0.2, 0) is 50.6 Å². The van der Waals surface area contributed by atoms with Gasteiger partial charge in [-0.25, -0.2) is 0 Å². The number of aliphatic hydroxyl groups excluding tert-OH is 6. The van der Waals surface area contributed by atoms with Crippen LogP contribution in [0.15, 0.2) is 0 Å². The van der Waals surface area contributed by atoms with Gasteiger partial charge in [0.2, 0.25) is 0 Å². The van der Waals surface area contributed by atoms with E-state index < -0.39 is 109 Å². The summed E-state index contributed by atoms with van der Waals surface area (Å²) in [5.74, 6) is 1.91. The average Bonchev–Trinajstić information content (AvgIpc) is 3.25. The summed E-state index contributed by atoms with van der Waals surface area (Å²) in [6.45, 7) is 15.8. The number of piperidine rings is 1. The monoisotopic (exact) mass is 1220 g/mol. The fourth-order valence-electron chi connectivity index (χ4n) is 9.75. The molecular weight excluding hydrogens is 1120 g/mol. The highest BCUT2D eigenvalue weighted by Gasteiger charge is 2.48. The minimum Gasteiger partial charge on any atom is -0.395 e. The van der Waals surface area contributed by atoms with Crippen LogP contribution in [0.3, 0.4) is 0 Å². The van der Waals surface area contributed by atoms with Gasteiger partial charge >= 0.3 is 0 Å². The number of β-amino-alcohol motifs (C(OH)–C–C–N with tert-alkyl or cyclic N) is 1. The third-order valence-electron chi connectivity index (χ3n) is 13.4. The fourth-order valence-corrected chi connectivity index (χ4v) is 12.6. The van der Waals surface area contributed by atoms with E-state index in [0.29, 0.717) is 36.3 Å². The molecule has 0 spiro atoms. The van der Waals surface area contributed by atoms with E-state index in [1.54, 1.807) is 0 Å². The van der Waals surface area contributed by atoms with Crippen LogP contribution < -0.4 is 21.3 Å². The van der Waals surface area contributed by atoms with Gasteiger partial charge in [-0.2, -0.15) is 42.1 Å². The first-order valence-electron chi connectivity index (χ1n) is 26.7. The predicted octanol–water partition coefficient (Wildman–Crippen LogP) is -0.514. The maximum atomic E-state index is 10.7. The molecule has 5 fully saturated rings. The third-order valence-corrected chi connectivity index (χ3v) is 17.9. The lowest BCUT2D eigenvalue weighted by Crippen LogP contribution is -2.55. The van der Waals surface area contributed by atoms with Crippen molar-refractivity contribution in [3.05, 3.63) is 0 Å². The van der Waals surface area contributed by atoms with Gasteiger partial charge in [0.1, 0.15) is 28.3 Å². The van der Waals surface area contributed by atoms with Crippen molar-refractivity contribution in [2.45, 2.75) is 166 Å². The van der Waals surface area contributed by atoms with Gasteiger partial charge in [0.15, 0.2) is 0 Å². The Morgan fingerprint density at radius 1 is 0.519 bits per heavy atom. The zero-order valence-corrected chi connectivity index (χ0v) is 50.0. The van der Waals surface area contributed by atoms with E-state index in [-0.39, 0.29) is 38.8 Å². The molecular formula is C46H99N5O21S5. The van der Waals surface area contributed by atoms with Crippen LogP contribution in [0.25, 0.3) is 0 Å². The van der Waals surface area contributed by atoms with Crippen LogP contribution >= 0.6 is 0 Å². The Balaban J connectivity index is 0.000000944. The van der Waals surface area contributed by atoms with Gasteiger partial charge in [-0.15, -0.1) is 0 Å². The zero-order chi connectivity index (χ0) is 59.4. The number of likely N-dealkylation sites (tertiary alicyclic amines) is 1. The first kappa shape index (κ1) is 76.1. The molecule has 1 saturated heterocycles. The summed E-state index contributed by atoms with van der Waals surface area (Å²) >= 11 is 0. The molecule has 0 aromatic rings. The van der Waals surface area contributed by atoms with E-state index in [2.05, 4.69) is 49.0 Å². The molecule has 0 aromatic carbocycles. The highest BCUT2D eigenvalue weighted by Crippen LogP contribution is 2.53. The number of hydrogen-bond donors (Lipinski definition) is 15. The lowest BCUT2D eigenvalue weighted by atomic mass is 9.54. The Morgan fingerprint density at radius 2 is 0.922 bits per heavy atom. The Bertz CT molecular complexity index is 2110. The summed E-state index contributed by atoms with van der Waals surface area (Å²) in [5, 5.41) is 66.6. The van der Waals surface area contributed by atoms with Gasteiger partial charge in [-0.05, 0) is 133 Å². The lowest BCUT2D eigenvalue weighted by Gasteiger charge is -2.54. The summed E-state index contributed by atoms with van der Waals surface area (Å²) in [7, 11) is -20.5. The van der Waals surface area contributed by atoms with Gasteiger partial charge in [0.25, 0.3) is 50.6 Å². The van der Waals surface area contributed by atoms with Gasteiger partial charge in [-0.3, -0.25) is 22.8 Å². The fraction of sp³-hybridized carbons (Fsp3) is 1.00. The third kappa shape index (κ3) is 41.7. The van der Waals surface area contributed by atoms with Crippen molar-refractivity contribution in [1.82, 2.24) is 26.2 Å². The van der Waals surface area contributed by atoms with Crippen LogP contribution in [0.1, 0.15) is 119 Å². The number of nitrogens with one attached hydrogen (secondary N) is 4. The van der Waals surface area contributed by atoms with Crippen molar-refractivity contribution >= 4 is 50.6 Å². The molecule has 31 heteroatoms. The zero-order valence-electron chi connectivity index (χ0n) is 46.0. The highest BCUT2D eigenvalue weighted by molar-refractivity contribution is 7.87. The van der Waals surface area contributed by atoms with Crippen LogP contribution in [0.2, 0.25) is 0 Å². The number of aliphatic hydroxyl groups is 6. The summed E-state index contributed by atoms with van der Waals surface area (Å²) in [4.78, 5) is 2.03. The SMILES string of the molecule is CC(C)CCNCC(O)C(C)S(=O)(=O)O.CC(C)CCNCC(O)CS(=O)(=O)O.CCCC(CO)NCC(O)CS(=O)(=O)O.O=S(=O)(O)CC(O)CN1CCCCC1.O=S(=O)(O)CC(O)CNC1C2CC3CC(C2)CC1C3. The molecule has 1 aliphatic heterocycles. The quantitative estimate of drug-likeness (QED) is 0.0307. The second-order valence-electron chi connectivity index (χ2n) is 22.0. The van der Waals surface area contributed by atoms with E-state index in [1.165, 1.54) is 45.4 Å². The van der Waals surface area contributed by atoms with Gasteiger partial charge in [-0.1, -0.05) is 47.5 Å². The van der Waals surface area contributed by atoms with Crippen molar-refractivity contribution in [3.8, 4) is 0 Å². The summed E-state index contributed by atoms with van der Waals surface area (Å²) in [5.41, 5.74) is 0. The Labute approximate surface area is 460 Å². The molecule has 4 aliphatic carbocycles. The second-order valence-corrected chi connectivity index (χ2v) is 29.7. The highest BCUT2D eigenvalue weighted by atomic mass is 32.2. The predicted molar refractivity (Wildman–Crippen MR) is 294 cm³/mol. The molecule has 7 unspecified atom stereocenters. The van der Waals surface area contributed by atoms with Gasteiger partial charge in [0, 0.05) is 44.8 Å². The van der Waals surface area contributed by atoms with Gasteiger partial charge in [0.05, 0.1) is 37.1 Å². The molecule has 26 nitrogen and oxygen atoms in total. The normalized spacial score (nSPS) is 23.6. The maximum absolute atomic E-state index is 10.7. The molecule has 1 heterocycles. The molecule has 5 aliphatic rings. The molecule has 7 atom stereocenters. The van der Waals surface area contributed by atoms with Crippen molar-refractivity contribution in [3.63, 3.8) is 0 Å². The lowest BCUT2D eigenvalue weighted by molar-refractivity contribution is -0.0166. The molecule has 4 bridgehead atoms. The van der Waals surface area contributed by atoms with Crippen LogP contribution in [0, 0.1) is 35.5 Å². The van der Waals surface area contributed by atoms with E-state index in [9.17, 15) is 62.5 Å². The topological polar surface area (TPSA) is 445 Å². The molecule has 77 heavy (non-hydrogen) atoms. The maximum Gasteiger partial charge on any atom is 0.270 e. The largest absolute Gasteiger partial charge is 0.395 e. The van der Waals surface area contributed by atoms with Crippen LogP contribution in [0.4, 0.5) is 0 Å². The molecule has 0 aromatic heterocycles. The number of rotatable bonds is 31. The molecule has 0 radical (unpaired) electrons. The first-order chi connectivity index (χ1) is 35.3. The smallest absolute Gasteiger partial charge is 0.270 e. The Morgan fingerprint density at radius 3 is 1.31 bits per heavy atom. The molecule has 4 saturated carbocycles. The Hall–Kier alpha value is -0.890. The van der Waals surface area contributed by atoms with E-state index in [4.69, 9.17) is 33.0 Å². The van der Waals surface area contributed by atoms with Crippen molar-refractivity contribution in [2.24, 2.45) is 35.5 Å². The summed E-state index contributed by atoms with van der Waals surface area (Å²) < 4.78 is 148. The van der Waals surface area contributed by atoms with E-state index in [0.717, 1.165) is 76.5 Å². The Kier molecular flexibility index (Phi) is 37.6. The molecule has 5 rings (SSSR count). The molecule has 15 N–H and O–H groups in total. The first-order valence-corrected chi connectivity index (χ1v) is 34.6. The number of hydrogen-bond acceptors (Lipinski definition) is 21. The van der Waals surface area contributed by atoms with Crippen LogP contribution in [0.5, 0.6) is 0 Å². The van der Waals surface area contributed by atoms with E-state index >= 15 is 0 Å². The van der Waals surface area contributed by atoms with Crippen molar-refractivity contribution in [2.75, 3.05) is 88.5 Å². The van der Waals surface area contributed by atoms with Crippen molar-refractivity contribution in [1.29, 1.82) is 0 Å². The average molecular weight is 1220 g/mol. The summed E-state index contributed by atoms with van der Waals surface area (Å²) in [6, 6.07) is 0.287.